The van der Waals surface area contributed by atoms with Crippen molar-refractivity contribution in [2.75, 3.05) is 11.9 Å². The van der Waals surface area contributed by atoms with Gasteiger partial charge in [0.2, 0.25) is 23.6 Å². The highest BCUT2D eigenvalue weighted by Crippen LogP contribution is 2.21. The van der Waals surface area contributed by atoms with Gasteiger partial charge in [0.1, 0.15) is 30.8 Å². The Morgan fingerprint density at radius 1 is 0.976 bits per heavy atom. The maximum Gasteiger partial charge on any atom is 0.407 e. The molecule has 3 rings (SSSR count). The number of fused-ring (bicyclic) bond motifs is 1. The van der Waals surface area contributed by atoms with Crippen molar-refractivity contribution in [1.29, 1.82) is 0 Å². The van der Waals surface area contributed by atoms with Crippen LogP contribution in [0.2, 0.25) is 0 Å². The fraction of sp³-hybridized carbons (Fsp3) is 0.286. The number of rotatable bonds is 12. The Hall–Kier alpha value is -5.20. The Balaban J connectivity index is 1.54. The number of carbonyl (C=O) groups is 5. The van der Waals surface area contributed by atoms with E-state index in [1.807, 2.05) is 6.07 Å². The number of aryl methyl sites for hydroxylation is 1. The van der Waals surface area contributed by atoms with E-state index in [0.29, 0.717) is 16.6 Å². The zero-order valence-electron chi connectivity index (χ0n) is 22.5. The Labute approximate surface area is 234 Å². The Kier molecular flexibility index (Phi) is 10.6. The molecule has 216 valence electrons. The highest BCUT2D eigenvalue weighted by molar-refractivity contribution is 6.00. The minimum Gasteiger partial charge on any atom is -0.445 e. The molecule has 5 amide bonds. The minimum atomic E-state index is -1.18. The molecule has 6 N–H and O–H groups in total. The van der Waals surface area contributed by atoms with E-state index in [4.69, 9.17) is 14.9 Å². The van der Waals surface area contributed by atoms with E-state index < -0.39 is 54.0 Å². The van der Waals surface area contributed by atoms with Crippen LogP contribution in [-0.2, 0) is 30.5 Å². The summed E-state index contributed by atoms with van der Waals surface area (Å²) in [5.74, 6) is -2.72. The van der Waals surface area contributed by atoms with Crippen molar-refractivity contribution in [2.45, 2.75) is 45.4 Å². The van der Waals surface area contributed by atoms with E-state index in [0.717, 1.165) is 5.56 Å². The molecule has 1 aromatic heterocycles. The van der Waals surface area contributed by atoms with Crippen LogP contribution in [0.25, 0.3) is 11.0 Å². The van der Waals surface area contributed by atoms with Crippen molar-refractivity contribution in [3.8, 4) is 0 Å². The number of benzene rings is 2. The molecule has 13 heteroatoms. The zero-order chi connectivity index (χ0) is 29.9. The molecule has 0 saturated carbocycles. The number of nitrogens with one attached hydrogen (secondary N) is 4. The van der Waals surface area contributed by atoms with Crippen LogP contribution in [0.1, 0.15) is 30.9 Å². The molecule has 0 saturated heterocycles. The Morgan fingerprint density at radius 2 is 1.71 bits per heavy atom. The average molecular weight is 566 g/mol. The molecule has 0 aliphatic heterocycles. The van der Waals surface area contributed by atoms with Gasteiger partial charge < -0.3 is 36.2 Å². The number of hydrogen-bond donors (Lipinski definition) is 5. The molecule has 0 aliphatic rings. The number of carbonyl (C=O) groups excluding carboxylic acids is 5. The first-order chi connectivity index (χ1) is 19.5. The molecule has 2 atom stereocenters. The number of hydrogen-bond acceptors (Lipinski definition) is 8. The number of amides is 5. The zero-order valence-corrected chi connectivity index (χ0v) is 22.5. The van der Waals surface area contributed by atoms with E-state index in [-0.39, 0.29) is 25.0 Å². The fourth-order valence-corrected chi connectivity index (χ4v) is 3.77. The second-order valence-electron chi connectivity index (χ2n) is 9.22. The first kappa shape index (κ1) is 30.3. The van der Waals surface area contributed by atoms with Crippen molar-refractivity contribution in [2.24, 2.45) is 5.73 Å². The quantitative estimate of drug-likeness (QED) is 0.202. The summed E-state index contributed by atoms with van der Waals surface area (Å²) in [6, 6.07) is 12.8. The highest BCUT2D eigenvalue weighted by atomic mass is 16.5. The van der Waals surface area contributed by atoms with E-state index in [2.05, 4.69) is 21.3 Å². The average Bonchev–Trinajstić information content (AvgIpc) is 2.92. The number of ether oxygens (including phenoxy) is 1. The second kappa shape index (κ2) is 14.3. The molecule has 0 spiro atoms. The smallest absolute Gasteiger partial charge is 0.407 e. The van der Waals surface area contributed by atoms with Crippen LogP contribution in [-0.4, -0.2) is 48.4 Å². The summed E-state index contributed by atoms with van der Waals surface area (Å²) in [7, 11) is 0. The van der Waals surface area contributed by atoms with Gasteiger partial charge in [0, 0.05) is 29.6 Å². The highest BCUT2D eigenvalue weighted by Gasteiger charge is 2.25. The number of primary amides is 1. The number of anilines is 1. The van der Waals surface area contributed by atoms with Crippen molar-refractivity contribution in [1.82, 2.24) is 16.0 Å². The van der Waals surface area contributed by atoms with Gasteiger partial charge in [-0.25, -0.2) is 9.59 Å². The molecular weight excluding hydrogens is 534 g/mol. The summed E-state index contributed by atoms with van der Waals surface area (Å²) in [5, 5.41) is 10.5. The monoisotopic (exact) mass is 565 g/mol. The van der Waals surface area contributed by atoms with E-state index in [9.17, 15) is 28.8 Å². The lowest BCUT2D eigenvalue weighted by Crippen LogP contribution is -2.52. The van der Waals surface area contributed by atoms with E-state index >= 15 is 0 Å². The molecule has 13 nitrogen and oxygen atoms in total. The molecule has 3 aromatic rings. The van der Waals surface area contributed by atoms with Crippen LogP contribution in [0.5, 0.6) is 0 Å². The first-order valence-corrected chi connectivity index (χ1v) is 12.7. The molecule has 2 aromatic carbocycles. The van der Waals surface area contributed by atoms with Gasteiger partial charge in [-0.15, -0.1) is 0 Å². The summed E-state index contributed by atoms with van der Waals surface area (Å²) < 4.78 is 10.2. The number of alkyl carbamates (subject to hydrolysis) is 1. The SMILES string of the molecule is Cc1cc(=O)oc2cc(NC(=O)[C@H](CCC(N)=O)NC(=O)[C@H](C)NC(=O)CNC(=O)OCc3ccccc3)ccc12. The Morgan fingerprint density at radius 3 is 2.41 bits per heavy atom. The van der Waals surface area contributed by atoms with Crippen molar-refractivity contribution >= 4 is 46.4 Å². The maximum absolute atomic E-state index is 13.0. The third-order valence-corrected chi connectivity index (χ3v) is 5.91. The number of nitrogens with two attached hydrogens (primary N) is 1. The van der Waals surface area contributed by atoms with Crippen LogP contribution in [0.15, 0.2) is 63.8 Å². The molecule has 0 fully saturated rings. The lowest BCUT2D eigenvalue weighted by Gasteiger charge is -2.21. The summed E-state index contributed by atoms with van der Waals surface area (Å²) in [6.45, 7) is 2.71. The van der Waals surface area contributed by atoms with Crippen LogP contribution in [0.4, 0.5) is 10.5 Å². The standard InChI is InChI=1S/C28H31N5O8/c1-16-12-25(36)41-22-13-19(8-9-20(16)22)32-27(38)21(10-11-23(29)34)33-26(37)17(2)31-24(35)14-30-28(39)40-15-18-6-4-3-5-7-18/h3-9,12-13,17,21H,10-11,14-15H2,1-2H3,(H2,29,34)(H,30,39)(H,31,35)(H,32,38)(H,33,37)/t17-,21-/m0/s1. The fourth-order valence-electron chi connectivity index (χ4n) is 3.77. The molecule has 0 unspecified atom stereocenters. The van der Waals surface area contributed by atoms with Gasteiger partial charge in [-0.2, -0.15) is 0 Å². The first-order valence-electron chi connectivity index (χ1n) is 12.7. The van der Waals surface area contributed by atoms with Crippen LogP contribution < -0.4 is 32.6 Å². The summed E-state index contributed by atoms with van der Waals surface area (Å²) >= 11 is 0. The minimum absolute atomic E-state index is 0.0230. The van der Waals surface area contributed by atoms with Gasteiger partial charge in [0.05, 0.1) is 0 Å². The van der Waals surface area contributed by atoms with Crippen molar-refractivity contribution in [3.05, 3.63) is 76.1 Å². The summed E-state index contributed by atoms with van der Waals surface area (Å²) in [5.41, 5.74) is 6.72. The van der Waals surface area contributed by atoms with Gasteiger partial charge in [0.15, 0.2) is 0 Å². The Bertz CT molecular complexity index is 1490. The van der Waals surface area contributed by atoms with Gasteiger partial charge in [-0.05, 0) is 43.5 Å². The third kappa shape index (κ3) is 9.49. The normalized spacial score (nSPS) is 12.0. The summed E-state index contributed by atoms with van der Waals surface area (Å²) in [4.78, 5) is 72.9. The van der Waals surface area contributed by atoms with Gasteiger partial charge in [-0.3, -0.25) is 19.2 Å². The molecule has 0 aliphatic carbocycles. The lowest BCUT2D eigenvalue weighted by molar-refractivity contribution is -0.130. The molecule has 1 heterocycles. The predicted molar refractivity (Wildman–Crippen MR) is 148 cm³/mol. The van der Waals surface area contributed by atoms with Crippen molar-refractivity contribution in [3.63, 3.8) is 0 Å². The molecule has 0 radical (unpaired) electrons. The van der Waals surface area contributed by atoms with Gasteiger partial charge >= 0.3 is 11.7 Å². The summed E-state index contributed by atoms with van der Waals surface area (Å²) in [6.07, 6.45) is -1.11. The molecule has 0 bridgehead atoms. The van der Waals surface area contributed by atoms with Gasteiger partial charge in [0.25, 0.3) is 0 Å². The largest absolute Gasteiger partial charge is 0.445 e. The maximum atomic E-state index is 13.0. The van der Waals surface area contributed by atoms with Crippen LogP contribution in [0, 0.1) is 6.92 Å². The second-order valence-corrected chi connectivity index (χ2v) is 9.22. The van der Waals surface area contributed by atoms with Gasteiger partial charge in [-0.1, -0.05) is 30.3 Å². The topological polar surface area (TPSA) is 199 Å². The predicted octanol–water partition coefficient (Wildman–Crippen LogP) is 1.22. The molecule has 41 heavy (non-hydrogen) atoms. The van der Waals surface area contributed by atoms with Crippen molar-refractivity contribution < 1.29 is 33.1 Å². The van der Waals surface area contributed by atoms with E-state index in [1.165, 1.54) is 19.1 Å². The van der Waals surface area contributed by atoms with Crippen LogP contribution >= 0.6 is 0 Å². The lowest BCUT2D eigenvalue weighted by atomic mass is 10.1. The van der Waals surface area contributed by atoms with E-state index in [1.54, 1.807) is 43.3 Å². The van der Waals surface area contributed by atoms with Crippen LogP contribution in [0.3, 0.4) is 0 Å². The third-order valence-electron chi connectivity index (χ3n) is 5.91. The molecular formula is C28H31N5O8.